The summed E-state index contributed by atoms with van der Waals surface area (Å²) in [6, 6.07) is 14.9. The summed E-state index contributed by atoms with van der Waals surface area (Å²) < 4.78 is 9.71. The maximum atomic E-state index is 11.4. The van der Waals surface area contributed by atoms with Crippen LogP contribution in [0.5, 0.6) is 5.75 Å². The summed E-state index contributed by atoms with van der Waals surface area (Å²) in [4.78, 5) is 24.3. The molecule has 156 valence electrons. The maximum absolute atomic E-state index is 11.4. The van der Waals surface area contributed by atoms with E-state index in [0.29, 0.717) is 13.1 Å². The van der Waals surface area contributed by atoms with Crippen LogP contribution in [0.25, 0.3) is 0 Å². The molecule has 2 aromatic rings. The van der Waals surface area contributed by atoms with Gasteiger partial charge in [-0.2, -0.15) is 0 Å². The number of halogens is 1. The molecule has 1 fully saturated rings. The number of likely N-dealkylation sites (tertiary alicyclic amines) is 1. The molecule has 0 saturated carbocycles. The van der Waals surface area contributed by atoms with Gasteiger partial charge in [0.05, 0.1) is 12.0 Å². The molecule has 29 heavy (non-hydrogen) atoms. The molecular weight excluding hydrogens is 398 g/mol. The average molecular weight is 422 g/mol. The number of hydrogen-bond acceptors (Lipinski definition) is 7. The number of carbonyl (C=O) groups excluding carboxylic acids is 1. The maximum Gasteiger partial charge on any atom is 0.343 e. The first-order chi connectivity index (χ1) is 13.5. The van der Waals surface area contributed by atoms with Gasteiger partial charge in [0.2, 0.25) is 0 Å². The Kier molecular flexibility index (Phi) is 7.95. The van der Waals surface area contributed by atoms with Crippen LogP contribution < -0.4 is 10.5 Å². The first-order valence-corrected chi connectivity index (χ1v) is 8.97. The Morgan fingerprint density at radius 3 is 2.62 bits per heavy atom. The number of nitrogens with zero attached hydrogens (tertiary/aromatic N) is 2. The van der Waals surface area contributed by atoms with Gasteiger partial charge >= 0.3 is 11.7 Å². The number of ether oxygens (including phenoxy) is 2. The SMILES string of the molecule is COC(=O)COc1ccc(CN2C[C@@H](N)[C@H](c3ccccc3)C2)cc1[N+](=O)[O-].Cl. The molecule has 0 radical (unpaired) electrons. The van der Waals surface area contributed by atoms with E-state index in [4.69, 9.17) is 10.5 Å². The summed E-state index contributed by atoms with van der Waals surface area (Å²) in [7, 11) is 1.23. The van der Waals surface area contributed by atoms with Crippen LogP contribution in [0.3, 0.4) is 0 Å². The van der Waals surface area contributed by atoms with Crippen molar-refractivity contribution in [2.24, 2.45) is 5.73 Å². The molecule has 2 aromatic carbocycles. The summed E-state index contributed by atoms with van der Waals surface area (Å²) in [5.41, 5.74) is 8.14. The molecule has 0 amide bonds. The minimum Gasteiger partial charge on any atom is -0.475 e. The van der Waals surface area contributed by atoms with E-state index < -0.39 is 10.9 Å². The normalized spacial score (nSPS) is 18.7. The molecule has 1 aliphatic heterocycles. The number of carbonyl (C=O) groups is 1. The Labute approximate surface area is 175 Å². The van der Waals surface area contributed by atoms with Crippen LogP contribution in [0.4, 0.5) is 5.69 Å². The van der Waals surface area contributed by atoms with Crippen LogP contribution in [-0.2, 0) is 16.1 Å². The molecule has 1 heterocycles. The van der Waals surface area contributed by atoms with Crippen molar-refractivity contribution in [1.29, 1.82) is 0 Å². The van der Waals surface area contributed by atoms with Gasteiger partial charge in [-0.05, 0) is 17.2 Å². The Bertz CT molecular complexity index is 849. The highest BCUT2D eigenvalue weighted by atomic mass is 35.5. The first kappa shape index (κ1) is 22.6. The van der Waals surface area contributed by atoms with Crippen molar-refractivity contribution >= 4 is 24.1 Å². The van der Waals surface area contributed by atoms with Crippen molar-refractivity contribution in [3.63, 3.8) is 0 Å². The number of esters is 1. The van der Waals surface area contributed by atoms with Crippen molar-refractivity contribution in [2.45, 2.75) is 18.5 Å². The summed E-state index contributed by atoms with van der Waals surface area (Å²) in [6.07, 6.45) is 0. The predicted molar refractivity (Wildman–Crippen MR) is 110 cm³/mol. The van der Waals surface area contributed by atoms with E-state index in [-0.39, 0.29) is 42.4 Å². The third-order valence-corrected chi connectivity index (χ3v) is 4.87. The van der Waals surface area contributed by atoms with Crippen molar-refractivity contribution < 1.29 is 19.2 Å². The fourth-order valence-electron chi connectivity index (χ4n) is 3.48. The van der Waals surface area contributed by atoms with E-state index in [1.807, 2.05) is 18.2 Å². The number of nitrogens with two attached hydrogens (primary N) is 1. The highest BCUT2D eigenvalue weighted by Gasteiger charge is 2.31. The number of methoxy groups -OCH3 is 1. The summed E-state index contributed by atoms with van der Waals surface area (Å²) in [5.74, 6) is -0.324. The summed E-state index contributed by atoms with van der Waals surface area (Å²) in [6.45, 7) is 1.68. The van der Waals surface area contributed by atoms with Gasteiger partial charge in [0.1, 0.15) is 0 Å². The Hall–Kier alpha value is -2.68. The first-order valence-electron chi connectivity index (χ1n) is 8.97. The van der Waals surface area contributed by atoms with Crippen molar-refractivity contribution in [2.75, 3.05) is 26.8 Å². The van der Waals surface area contributed by atoms with Crippen molar-refractivity contribution in [1.82, 2.24) is 4.90 Å². The monoisotopic (exact) mass is 421 g/mol. The van der Waals surface area contributed by atoms with E-state index in [2.05, 4.69) is 21.8 Å². The highest BCUT2D eigenvalue weighted by molar-refractivity contribution is 5.85. The van der Waals surface area contributed by atoms with Crippen LogP contribution in [0.1, 0.15) is 17.0 Å². The lowest BCUT2D eigenvalue weighted by Gasteiger charge is -2.16. The average Bonchev–Trinajstić information content (AvgIpc) is 3.07. The van der Waals surface area contributed by atoms with Gasteiger partial charge in [0, 0.05) is 37.7 Å². The van der Waals surface area contributed by atoms with Gasteiger partial charge < -0.3 is 15.2 Å². The van der Waals surface area contributed by atoms with E-state index in [0.717, 1.165) is 12.1 Å². The predicted octanol–water partition coefficient (Wildman–Crippen LogP) is 2.50. The molecular formula is C20H24ClN3O5. The molecule has 2 N–H and O–H groups in total. The van der Waals surface area contributed by atoms with E-state index in [9.17, 15) is 14.9 Å². The number of benzene rings is 2. The Balaban J connectivity index is 0.00000300. The van der Waals surface area contributed by atoms with Gasteiger partial charge in [0.25, 0.3) is 0 Å². The van der Waals surface area contributed by atoms with E-state index in [1.165, 1.54) is 24.8 Å². The molecule has 0 aromatic heterocycles. The number of rotatable bonds is 7. The van der Waals surface area contributed by atoms with E-state index in [1.54, 1.807) is 6.07 Å². The molecule has 1 aliphatic rings. The van der Waals surface area contributed by atoms with E-state index >= 15 is 0 Å². The molecule has 3 rings (SSSR count). The molecule has 9 heteroatoms. The number of nitro benzene ring substituents is 1. The summed E-state index contributed by atoms with van der Waals surface area (Å²) >= 11 is 0. The van der Waals surface area contributed by atoms with Gasteiger partial charge in [-0.25, -0.2) is 4.79 Å². The second-order valence-corrected chi connectivity index (χ2v) is 6.80. The molecule has 0 spiro atoms. The summed E-state index contributed by atoms with van der Waals surface area (Å²) in [5, 5.41) is 11.4. The molecule has 2 atom stereocenters. The minimum absolute atomic E-state index is 0. The topological polar surface area (TPSA) is 108 Å². The zero-order chi connectivity index (χ0) is 20.1. The lowest BCUT2D eigenvalue weighted by Crippen LogP contribution is -2.28. The zero-order valence-corrected chi connectivity index (χ0v) is 16.8. The van der Waals surface area contributed by atoms with Gasteiger partial charge in [-0.15, -0.1) is 12.4 Å². The minimum atomic E-state index is -0.601. The molecule has 0 aliphatic carbocycles. The lowest BCUT2D eigenvalue weighted by atomic mass is 9.95. The second-order valence-electron chi connectivity index (χ2n) is 6.80. The smallest absolute Gasteiger partial charge is 0.343 e. The quantitative estimate of drug-likeness (QED) is 0.415. The van der Waals surface area contributed by atoms with Crippen LogP contribution in [0, 0.1) is 10.1 Å². The van der Waals surface area contributed by atoms with Crippen LogP contribution in [0.15, 0.2) is 48.5 Å². The van der Waals surface area contributed by atoms with Gasteiger partial charge in [-0.3, -0.25) is 15.0 Å². The van der Waals surface area contributed by atoms with Crippen LogP contribution in [-0.4, -0.2) is 48.6 Å². The fraction of sp³-hybridized carbons (Fsp3) is 0.350. The van der Waals surface area contributed by atoms with Crippen molar-refractivity contribution in [3.05, 3.63) is 69.8 Å². The molecule has 1 saturated heterocycles. The molecule has 0 unspecified atom stereocenters. The largest absolute Gasteiger partial charge is 0.475 e. The highest BCUT2D eigenvalue weighted by Crippen LogP contribution is 2.31. The number of nitro groups is 1. The van der Waals surface area contributed by atoms with Gasteiger partial charge in [0.15, 0.2) is 12.4 Å². The van der Waals surface area contributed by atoms with Crippen LogP contribution >= 0.6 is 12.4 Å². The molecule has 0 bridgehead atoms. The standard InChI is InChI=1S/C20H23N3O5.ClH/c1-27-20(24)13-28-19-8-7-14(9-18(19)23(25)26)10-22-11-16(17(21)12-22)15-5-3-2-4-6-15;/h2-9,16-17H,10-13,21H2,1H3;1H/t16-,17+;/m0./s1. The van der Waals surface area contributed by atoms with Crippen molar-refractivity contribution in [3.8, 4) is 5.75 Å². The fourth-order valence-corrected chi connectivity index (χ4v) is 3.48. The third-order valence-electron chi connectivity index (χ3n) is 4.87. The Morgan fingerprint density at radius 1 is 1.24 bits per heavy atom. The second kappa shape index (κ2) is 10.2. The Morgan fingerprint density at radius 2 is 1.97 bits per heavy atom. The number of hydrogen-bond donors (Lipinski definition) is 1. The molecule has 8 nitrogen and oxygen atoms in total. The third kappa shape index (κ3) is 5.66. The van der Waals surface area contributed by atoms with Gasteiger partial charge in [-0.1, -0.05) is 36.4 Å². The zero-order valence-electron chi connectivity index (χ0n) is 16.0. The lowest BCUT2D eigenvalue weighted by molar-refractivity contribution is -0.385. The van der Waals surface area contributed by atoms with Crippen LogP contribution in [0.2, 0.25) is 0 Å².